The maximum Gasteiger partial charge on any atom is 0.407 e. The number of allylic oxidation sites excluding steroid dienone is 1. The molecule has 2 N–H and O–H groups in total. The highest BCUT2D eigenvalue weighted by atomic mass is 16.5. The summed E-state index contributed by atoms with van der Waals surface area (Å²) in [6.07, 6.45) is 0.933. The molecule has 0 fully saturated rings. The predicted octanol–water partition coefficient (Wildman–Crippen LogP) is 6.56. The number of ether oxygens (including phenoxy) is 2. The largest absolute Gasteiger partial charge is 0.496 e. The van der Waals surface area contributed by atoms with Gasteiger partial charge in [-0.1, -0.05) is 36.4 Å². The van der Waals surface area contributed by atoms with Crippen molar-refractivity contribution in [1.29, 1.82) is 0 Å². The fraction of sp³-hybridized carbons (Fsp3) is 0.276. The van der Waals surface area contributed by atoms with Crippen molar-refractivity contribution in [2.24, 2.45) is 0 Å². The number of nitrogens with one attached hydrogen (secondary N) is 1. The SMILES string of the molecule is COc1cccc2c1-c1ccc3c(c1C(c1cccc(CN(C)C(=O)O)c1)O2)C(C)=CC(C)(C)N3. The molecule has 2 aliphatic rings. The standard InChI is InChI=1S/C29H30N2O4/c1-17-15-29(2,3)30-21-13-12-20-25-22(34-5)10-7-11-23(25)35-27(26(20)24(17)21)19-9-6-8-18(14-19)16-31(4)28(32)33/h6-15,27,30H,16H2,1-5H3,(H,32,33). The number of anilines is 1. The van der Waals surface area contributed by atoms with Crippen LogP contribution in [0.4, 0.5) is 10.5 Å². The Labute approximate surface area is 205 Å². The number of hydrogen-bond donors (Lipinski definition) is 2. The van der Waals surface area contributed by atoms with Gasteiger partial charge in [-0.2, -0.15) is 0 Å². The monoisotopic (exact) mass is 470 g/mol. The topological polar surface area (TPSA) is 71.0 Å². The summed E-state index contributed by atoms with van der Waals surface area (Å²) >= 11 is 0. The second-order valence-corrected chi connectivity index (χ2v) is 9.84. The fourth-order valence-electron chi connectivity index (χ4n) is 5.30. The predicted molar refractivity (Wildman–Crippen MR) is 138 cm³/mol. The first-order valence-electron chi connectivity index (χ1n) is 11.7. The van der Waals surface area contributed by atoms with Crippen LogP contribution < -0.4 is 14.8 Å². The number of fused-ring (bicyclic) bond motifs is 5. The van der Waals surface area contributed by atoms with Gasteiger partial charge in [-0.15, -0.1) is 0 Å². The maximum absolute atomic E-state index is 11.4. The summed E-state index contributed by atoms with van der Waals surface area (Å²) in [5, 5.41) is 13.0. The molecule has 2 aliphatic heterocycles. The lowest BCUT2D eigenvalue weighted by atomic mass is 9.80. The van der Waals surface area contributed by atoms with Crippen LogP contribution in [0.25, 0.3) is 16.7 Å². The van der Waals surface area contributed by atoms with E-state index >= 15 is 0 Å². The minimum Gasteiger partial charge on any atom is -0.496 e. The first-order chi connectivity index (χ1) is 16.7. The Morgan fingerprint density at radius 1 is 1.14 bits per heavy atom. The van der Waals surface area contributed by atoms with Crippen LogP contribution in [-0.2, 0) is 6.54 Å². The van der Waals surface area contributed by atoms with Crippen molar-refractivity contribution in [3.05, 3.63) is 82.9 Å². The molecular formula is C29H30N2O4. The number of nitrogens with zero attached hydrogens (tertiary/aromatic N) is 1. The fourth-order valence-corrected chi connectivity index (χ4v) is 5.30. The summed E-state index contributed by atoms with van der Waals surface area (Å²) in [7, 11) is 3.25. The maximum atomic E-state index is 11.4. The van der Waals surface area contributed by atoms with Crippen LogP contribution in [-0.4, -0.2) is 35.8 Å². The van der Waals surface area contributed by atoms with E-state index in [4.69, 9.17) is 9.47 Å². The van der Waals surface area contributed by atoms with E-state index in [1.807, 2.05) is 42.5 Å². The molecule has 5 rings (SSSR count). The zero-order valence-electron chi connectivity index (χ0n) is 20.7. The summed E-state index contributed by atoms with van der Waals surface area (Å²) < 4.78 is 12.4. The third-order valence-corrected chi connectivity index (χ3v) is 6.66. The number of carboxylic acid groups (broad SMARTS) is 1. The molecule has 1 atom stereocenters. The molecule has 1 amide bonds. The minimum atomic E-state index is -0.959. The van der Waals surface area contributed by atoms with Gasteiger partial charge < -0.3 is 24.8 Å². The number of rotatable bonds is 4. The smallest absolute Gasteiger partial charge is 0.407 e. The lowest BCUT2D eigenvalue weighted by molar-refractivity contribution is 0.153. The van der Waals surface area contributed by atoms with Crippen molar-refractivity contribution in [1.82, 2.24) is 4.90 Å². The number of benzene rings is 3. The van der Waals surface area contributed by atoms with E-state index in [1.54, 1.807) is 14.2 Å². The van der Waals surface area contributed by atoms with Crippen molar-refractivity contribution in [2.45, 2.75) is 39.0 Å². The molecule has 0 spiro atoms. The average molecular weight is 471 g/mol. The minimum absolute atomic E-state index is 0.159. The van der Waals surface area contributed by atoms with Crippen molar-refractivity contribution >= 4 is 17.4 Å². The van der Waals surface area contributed by atoms with E-state index in [-0.39, 0.29) is 11.6 Å². The number of carbonyl (C=O) groups is 1. The highest BCUT2D eigenvalue weighted by Gasteiger charge is 2.35. The zero-order valence-corrected chi connectivity index (χ0v) is 20.7. The Bertz CT molecular complexity index is 1360. The summed E-state index contributed by atoms with van der Waals surface area (Å²) in [5.41, 5.74) is 8.23. The Hall–Kier alpha value is -3.93. The first kappa shape index (κ1) is 22.8. The van der Waals surface area contributed by atoms with Crippen LogP contribution in [0.3, 0.4) is 0 Å². The van der Waals surface area contributed by atoms with Crippen molar-refractivity contribution in [2.75, 3.05) is 19.5 Å². The summed E-state index contributed by atoms with van der Waals surface area (Å²) in [5.74, 6) is 1.53. The van der Waals surface area contributed by atoms with Crippen LogP contribution >= 0.6 is 0 Å². The molecule has 180 valence electrons. The van der Waals surface area contributed by atoms with Gasteiger partial charge in [0, 0.05) is 30.4 Å². The molecule has 0 saturated heterocycles. The molecule has 0 bridgehead atoms. The van der Waals surface area contributed by atoms with Crippen LogP contribution in [0.2, 0.25) is 0 Å². The average Bonchev–Trinajstić information content (AvgIpc) is 2.81. The van der Waals surface area contributed by atoms with E-state index in [0.29, 0.717) is 6.54 Å². The van der Waals surface area contributed by atoms with Crippen molar-refractivity contribution < 1.29 is 19.4 Å². The molecule has 2 heterocycles. The third kappa shape index (κ3) is 3.99. The second kappa shape index (κ2) is 8.38. The van der Waals surface area contributed by atoms with E-state index in [0.717, 1.165) is 50.6 Å². The lowest BCUT2D eigenvalue weighted by Crippen LogP contribution is -2.32. The zero-order chi connectivity index (χ0) is 24.9. The molecular weight excluding hydrogens is 440 g/mol. The van der Waals surface area contributed by atoms with E-state index in [1.165, 1.54) is 10.5 Å². The van der Waals surface area contributed by atoms with E-state index < -0.39 is 6.09 Å². The Balaban J connectivity index is 1.72. The van der Waals surface area contributed by atoms with Gasteiger partial charge >= 0.3 is 6.09 Å². The molecule has 3 aromatic carbocycles. The van der Waals surface area contributed by atoms with Crippen molar-refractivity contribution in [3.8, 4) is 22.6 Å². The summed E-state index contributed by atoms with van der Waals surface area (Å²) in [6, 6.07) is 18.1. The van der Waals surface area contributed by atoms with Crippen LogP contribution in [0, 0.1) is 0 Å². The molecule has 6 heteroatoms. The molecule has 35 heavy (non-hydrogen) atoms. The van der Waals surface area contributed by atoms with Gasteiger partial charge in [0.2, 0.25) is 0 Å². The highest BCUT2D eigenvalue weighted by molar-refractivity contribution is 5.91. The van der Waals surface area contributed by atoms with Gasteiger partial charge in [-0.3, -0.25) is 0 Å². The van der Waals surface area contributed by atoms with Gasteiger partial charge in [0.25, 0.3) is 0 Å². The Morgan fingerprint density at radius 3 is 2.66 bits per heavy atom. The summed E-state index contributed by atoms with van der Waals surface area (Å²) in [4.78, 5) is 12.7. The van der Waals surface area contributed by atoms with Gasteiger partial charge in [0.05, 0.1) is 18.2 Å². The van der Waals surface area contributed by atoms with Crippen molar-refractivity contribution in [3.63, 3.8) is 0 Å². The van der Waals surface area contributed by atoms with Crippen LogP contribution in [0.15, 0.2) is 60.7 Å². The lowest BCUT2D eigenvalue weighted by Gasteiger charge is -2.37. The third-order valence-electron chi connectivity index (χ3n) is 6.66. The van der Waals surface area contributed by atoms with E-state index in [2.05, 4.69) is 44.3 Å². The van der Waals surface area contributed by atoms with Gasteiger partial charge in [0.15, 0.2) is 6.10 Å². The molecule has 3 aromatic rings. The van der Waals surface area contributed by atoms with Gasteiger partial charge in [0.1, 0.15) is 11.5 Å². The second-order valence-electron chi connectivity index (χ2n) is 9.84. The van der Waals surface area contributed by atoms with Gasteiger partial charge in [-0.05, 0) is 67.3 Å². The number of methoxy groups -OCH3 is 1. The molecule has 0 radical (unpaired) electrons. The molecule has 1 unspecified atom stereocenters. The normalized spacial score (nSPS) is 17.1. The molecule has 0 aliphatic carbocycles. The summed E-state index contributed by atoms with van der Waals surface area (Å²) in [6.45, 7) is 6.77. The van der Waals surface area contributed by atoms with Gasteiger partial charge in [-0.25, -0.2) is 4.79 Å². The Morgan fingerprint density at radius 2 is 1.91 bits per heavy atom. The molecule has 0 saturated carbocycles. The molecule has 6 nitrogen and oxygen atoms in total. The quantitative estimate of drug-likeness (QED) is 0.452. The molecule has 0 aromatic heterocycles. The number of amides is 1. The number of hydrogen-bond acceptors (Lipinski definition) is 4. The first-order valence-corrected chi connectivity index (χ1v) is 11.7. The van der Waals surface area contributed by atoms with Crippen LogP contribution in [0.1, 0.15) is 49.1 Å². The highest BCUT2D eigenvalue weighted by Crippen LogP contribution is 2.53. The van der Waals surface area contributed by atoms with E-state index in [9.17, 15) is 9.90 Å². The van der Waals surface area contributed by atoms with Crippen LogP contribution in [0.5, 0.6) is 11.5 Å². The Kier molecular flexibility index (Phi) is 5.47.